The Bertz CT molecular complexity index is 3100. The summed E-state index contributed by atoms with van der Waals surface area (Å²) in [5.74, 6) is 0.707. The monoisotopic (exact) mass is 674 g/mol. The molecule has 3 heteroatoms. The molecule has 11 rings (SSSR count). The number of furan rings is 1. The Morgan fingerprint density at radius 3 is 1.34 bits per heavy atom. The van der Waals surface area contributed by atoms with Gasteiger partial charge in [0.15, 0.2) is 5.82 Å². The zero-order chi connectivity index (χ0) is 34.9. The third-order valence-corrected chi connectivity index (χ3v) is 10.7. The zero-order valence-electron chi connectivity index (χ0n) is 28.6. The Balaban J connectivity index is 1.21. The minimum atomic E-state index is 0.707. The predicted molar refractivity (Wildman–Crippen MR) is 221 cm³/mol. The normalized spacial score (nSPS) is 11.8. The number of fused-ring (bicyclic) bond motifs is 10. The molecule has 0 aliphatic heterocycles. The van der Waals surface area contributed by atoms with Crippen LogP contribution in [0, 0.1) is 0 Å². The lowest BCUT2D eigenvalue weighted by Gasteiger charge is -2.18. The van der Waals surface area contributed by atoms with Crippen molar-refractivity contribution in [3.63, 3.8) is 0 Å². The van der Waals surface area contributed by atoms with Gasteiger partial charge in [0.25, 0.3) is 0 Å². The Hall–Kier alpha value is -7.10. The van der Waals surface area contributed by atoms with Crippen molar-refractivity contribution < 1.29 is 4.42 Å². The largest absolute Gasteiger partial charge is 0.455 e. The molecule has 53 heavy (non-hydrogen) atoms. The maximum Gasteiger partial charge on any atom is 0.161 e. The molecule has 0 N–H and O–H groups in total. The van der Waals surface area contributed by atoms with Gasteiger partial charge in [-0.3, -0.25) is 0 Å². The van der Waals surface area contributed by atoms with Crippen LogP contribution >= 0.6 is 0 Å². The van der Waals surface area contributed by atoms with Gasteiger partial charge in [0.2, 0.25) is 0 Å². The molecule has 0 unspecified atom stereocenters. The fraction of sp³-hybridized carbons (Fsp3) is 0. The van der Waals surface area contributed by atoms with Crippen molar-refractivity contribution in [1.82, 2.24) is 9.97 Å². The highest BCUT2D eigenvalue weighted by molar-refractivity contribution is 6.31. The van der Waals surface area contributed by atoms with Crippen molar-refractivity contribution in [2.75, 3.05) is 0 Å². The quantitative estimate of drug-likeness (QED) is 0.138. The van der Waals surface area contributed by atoms with Gasteiger partial charge in [-0.15, -0.1) is 0 Å². The van der Waals surface area contributed by atoms with Crippen molar-refractivity contribution in [2.24, 2.45) is 0 Å². The molecule has 9 aromatic carbocycles. The molecule has 0 saturated carbocycles. The molecule has 2 aromatic heterocycles. The van der Waals surface area contributed by atoms with Gasteiger partial charge >= 0.3 is 0 Å². The summed E-state index contributed by atoms with van der Waals surface area (Å²) in [7, 11) is 0. The van der Waals surface area contributed by atoms with Crippen LogP contribution in [0.25, 0.3) is 110 Å². The molecular weight excluding hydrogens is 645 g/mol. The summed E-state index contributed by atoms with van der Waals surface area (Å²) >= 11 is 0. The smallest absolute Gasteiger partial charge is 0.161 e. The fourth-order valence-electron chi connectivity index (χ4n) is 8.32. The number of rotatable bonds is 4. The SMILES string of the molecule is c1ccc(-c2cc(-c3ccccc3)nc(-c3c4ccccc4c(-c4ccc5oc6c7ccccc7c7ccccc7c6c5c4)c4ccccc34)n2)cc1. The highest BCUT2D eigenvalue weighted by atomic mass is 16.3. The number of hydrogen-bond donors (Lipinski definition) is 0. The molecule has 2 heterocycles. The van der Waals surface area contributed by atoms with Crippen molar-refractivity contribution in [3.05, 3.63) is 182 Å². The zero-order valence-corrected chi connectivity index (χ0v) is 28.6. The Labute approximate surface area is 305 Å². The van der Waals surface area contributed by atoms with E-state index in [0.717, 1.165) is 82.5 Å². The number of hydrogen-bond acceptors (Lipinski definition) is 3. The van der Waals surface area contributed by atoms with Crippen molar-refractivity contribution in [2.45, 2.75) is 0 Å². The summed E-state index contributed by atoms with van der Waals surface area (Å²) in [4.78, 5) is 10.6. The minimum absolute atomic E-state index is 0.707. The highest BCUT2D eigenvalue weighted by Crippen LogP contribution is 2.46. The van der Waals surface area contributed by atoms with Crippen LogP contribution in [0.5, 0.6) is 0 Å². The third-order valence-electron chi connectivity index (χ3n) is 10.7. The topological polar surface area (TPSA) is 38.9 Å². The van der Waals surface area contributed by atoms with Gasteiger partial charge in [-0.2, -0.15) is 0 Å². The Morgan fingerprint density at radius 2 is 0.774 bits per heavy atom. The first-order chi connectivity index (χ1) is 26.3. The molecule has 0 amide bonds. The third kappa shape index (κ3) is 4.61. The summed E-state index contributed by atoms with van der Waals surface area (Å²) in [5.41, 5.74) is 9.06. The molecule has 246 valence electrons. The van der Waals surface area contributed by atoms with E-state index in [1.54, 1.807) is 0 Å². The summed E-state index contributed by atoms with van der Waals surface area (Å²) in [6.45, 7) is 0. The van der Waals surface area contributed by atoms with Gasteiger partial charge in [0, 0.05) is 32.8 Å². The number of benzene rings is 9. The average Bonchev–Trinajstić information content (AvgIpc) is 3.63. The van der Waals surface area contributed by atoms with E-state index in [9.17, 15) is 0 Å². The fourth-order valence-corrected chi connectivity index (χ4v) is 8.32. The van der Waals surface area contributed by atoms with Crippen LogP contribution in [0.1, 0.15) is 0 Å². The summed E-state index contributed by atoms with van der Waals surface area (Å²) in [6, 6.07) is 64.2. The van der Waals surface area contributed by atoms with E-state index in [-0.39, 0.29) is 0 Å². The van der Waals surface area contributed by atoms with Crippen LogP contribution in [0.4, 0.5) is 0 Å². The predicted octanol–water partition coefficient (Wildman–Crippen LogP) is 13.7. The van der Waals surface area contributed by atoms with Crippen LogP contribution in [0.3, 0.4) is 0 Å². The lowest BCUT2D eigenvalue weighted by atomic mass is 9.87. The van der Waals surface area contributed by atoms with Crippen LogP contribution < -0.4 is 0 Å². The van der Waals surface area contributed by atoms with Crippen LogP contribution in [0.2, 0.25) is 0 Å². The first-order valence-electron chi connectivity index (χ1n) is 18.0. The Kier molecular flexibility index (Phi) is 6.55. The van der Waals surface area contributed by atoms with E-state index in [4.69, 9.17) is 14.4 Å². The molecule has 0 atom stereocenters. The van der Waals surface area contributed by atoms with E-state index < -0.39 is 0 Å². The maximum atomic E-state index is 6.70. The summed E-state index contributed by atoms with van der Waals surface area (Å²) in [5, 5.41) is 11.6. The molecule has 11 aromatic rings. The van der Waals surface area contributed by atoms with Gasteiger partial charge < -0.3 is 4.42 Å². The molecule has 0 spiro atoms. The van der Waals surface area contributed by atoms with Crippen molar-refractivity contribution >= 4 is 65.0 Å². The molecule has 0 radical (unpaired) electrons. The molecule has 0 aliphatic rings. The lowest BCUT2D eigenvalue weighted by Crippen LogP contribution is -1.98. The Morgan fingerprint density at radius 1 is 0.321 bits per heavy atom. The van der Waals surface area contributed by atoms with Crippen molar-refractivity contribution in [3.8, 4) is 45.0 Å². The van der Waals surface area contributed by atoms with Gasteiger partial charge in [-0.1, -0.05) is 164 Å². The molecular formula is C50H30N2O. The van der Waals surface area contributed by atoms with Gasteiger partial charge in [-0.05, 0) is 67.0 Å². The second-order valence-corrected chi connectivity index (χ2v) is 13.6. The van der Waals surface area contributed by atoms with E-state index in [0.29, 0.717) is 5.82 Å². The van der Waals surface area contributed by atoms with Gasteiger partial charge in [0.05, 0.1) is 11.4 Å². The standard InChI is InChI=1S/C50H30N2O/c1-3-15-31(16-4-1)43-30-44(32-17-5-2-6-18-32)52-50(51-43)48-39-24-12-10-22-37(39)46(38-23-11-13-25-40(38)48)33-27-28-45-42(29-33)47-36-21-9-7-19-34(36)35-20-8-14-26-41(35)49(47)53-45/h1-30H. The molecule has 0 bridgehead atoms. The molecule has 3 nitrogen and oxygen atoms in total. The van der Waals surface area contributed by atoms with Crippen LogP contribution in [-0.4, -0.2) is 9.97 Å². The summed E-state index contributed by atoms with van der Waals surface area (Å²) < 4.78 is 6.70. The molecule has 0 fully saturated rings. The van der Waals surface area contributed by atoms with Crippen LogP contribution in [-0.2, 0) is 0 Å². The molecule has 0 aliphatic carbocycles. The van der Waals surface area contributed by atoms with Gasteiger partial charge in [-0.25, -0.2) is 9.97 Å². The number of nitrogens with zero attached hydrogens (tertiary/aromatic N) is 2. The molecule has 0 saturated heterocycles. The number of aromatic nitrogens is 2. The first kappa shape index (κ1) is 29.6. The van der Waals surface area contributed by atoms with Crippen molar-refractivity contribution in [1.29, 1.82) is 0 Å². The minimum Gasteiger partial charge on any atom is -0.455 e. The maximum absolute atomic E-state index is 6.70. The lowest BCUT2D eigenvalue weighted by molar-refractivity contribution is 0.673. The van der Waals surface area contributed by atoms with E-state index >= 15 is 0 Å². The highest BCUT2D eigenvalue weighted by Gasteiger charge is 2.22. The van der Waals surface area contributed by atoms with E-state index in [2.05, 4.69) is 170 Å². The summed E-state index contributed by atoms with van der Waals surface area (Å²) in [6.07, 6.45) is 0. The van der Waals surface area contributed by atoms with E-state index in [1.165, 1.54) is 21.7 Å². The average molecular weight is 675 g/mol. The van der Waals surface area contributed by atoms with Crippen LogP contribution in [0.15, 0.2) is 186 Å². The second-order valence-electron chi connectivity index (χ2n) is 13.6. The first-order valence-corrected chi connectivity index (χ1v) is 18.0. The van der Waals surface area contributed by atoms with Gasteiger partial charge in [0.1, 0.15) is 11.2 Å². The van der Waals surface area contributed by atoms with E-state index in [1.807, 2.05) is 12.1 Å². The second kappa shape index (κ2) is 11.7.